The second-order valence-electron chi connectivity index (χ2n) is 6.06. The highest BCUT2D eigenvalue weighted by Gasteiger charge is 2.33. The van der Waals surface area contributed by atoms with Crippen LogP contribution in [-0.2, 0) is 0 Å². The average molecular weight is 208 g/mol. The van der Waals surface area contributed by atoms with Crippen LogP contribution in [0.5, 0.6) is 0 Å². The summed E-state index contributed by atoms with van der Waals surface area (Å²) in [5.41, 5.74) is 0.600. The first-order chi connectivity index (χ1) is 7.06. The summed E-state index contributed by atoms with van der Waals surface area (Å²) in [6.07, 6.45) is 13.0. The van der Waals surface area contributed by atoms with Gasteiger partial charge in [-0.25, -0.2) is 0 Å². The van der Waals surface area contributed by atoms with Gasteiger partial charge in [-0.2, -0.15) is 0 Å². The molecule has 0 radical (unpaired) electrons. The van der Waals surface area contributed by atoms with Gasteiger partial charge in [0.25, 0.3) is 0 Å². The Balaban J connectivity index is 2.22. The van der Waals surface area contributed by atoms with Crippen molar-refractivity contribution in [3.8, 4) is 0 Å². The third kappa shape index (κ3) is 4.01. The van der Waals surface area contributed by atoms with Crippen LogP contribution < -0.4 is 0 Å². The fraction of sp³-hybridized carbons (Fsp3) is 0.867. The summed E-state index contributed by atoms with van der Waals surface area (Å²) >= 11 is 0. The SMILES string of the molecule is CC=CCC(C)CCC(C)(C)C1CCC1. The van der Waals surface area contributed by atoms with Gasteiger partial charge in [0.1, 0.15) is 0 Å². The standard InChI is InChI=1S/C15H28/c1-5-6-8-13(2)11-12-15(3,4)14-9-7-10-14/h5-6,13-14H,7-12H2,1-4H3. The van der Waals surface area contributed by atoms with Crippen molar-refractivity contribution >= 4 is 0 Å². The molecule has 0 nitrogen and oxygen atoms in total. The van der Waals surface area contributed by atoms with Crippen LogP contribution in [0.3, 0.4) is 0 Å². The molecule has 0 heterocycles. The zero-order chi connectivity index (χ0) is 11.3. The van der Waals surface area contributed by atoms with E-state index in [0.717, 1.165) is 11.8 Å². The minimum absolute atomic E-state index is 0.600. The lowest BCUT2D eigenvalue weighted by atomic mass is 9.65. The Morgan fingerprint density at radius 2 is 2.00 bits per heavy atom. The molecule has 1 atom stereocenters. The molecule has 1 aliphatic carbocycles. The molecule has 0 amide bonds. The molecule has 0 aromatic rings. The zero-order valence-electron chi connectivity index (χ0n) is 11.1. The lowest BCUT2D eigenvalue weighted by Crippen LogP contribution is -2.30. The Hall–Kier alpha value is -0.260. The smallest absolute Gasteiger partial charge is 0.0325 e. The Bertz CT molecular complexity index is 196. The van der Waals surface area contributed by atoms with Crippen LogP contribution >= 0.6 is 0 Å². The minimum Gasteiger partial charge on any atom is -0.0917 e. The predicted molar refractivity (Wildman–Crippen MR) is 69.0 cm³/mol. The Morgan fingerprint density at radius 3 is 2.47 bits per heavy atom. The van der Waals surface area contributed by atoms with Gasteiger partial charge >= 0.3 is 0 Å². The van der Waals surface area contributed by atoms with Crippen molar-refractivity contribution in [2.45, 2.75) is 66.2 Å². The fourth-order valence-corrected chi connectivity index (χ4v) is 2.50. The number of allylic oxidation sites excluding steroid dienone is 2. The third-order valence-electron chi connectivity index (χ3n) is 4.27. The minimum atomic E-state index is 0.600. The highest BCUT2D eigenvalue weighted by atomic mass is 14.4. The van der Waals surface area contributed by atoms with Crippen molar-refractivity contribution in [2.24, 2.45) is 17.3 Å². The lowest BCUT2D eigenvalue weighted by molar-refractivity contribution is 0.103. The Labute approximate surface area is 96.2 Å². The highest BCUT2D eigenvalue weighted by Crippen LogP contribution is 2.44. The second kappa shape index (κ2) is 5.72. The van der Waals surface area contributed by atoms with E-state index in [1.54, 1.807) is 0 Å². The topological polar surface area (TPSA) is 0 Å². The number of hydrogen-bond acceptors (Lipinski definition) is 0. The first-order valence-corrected chi connectivity index (χ1v) is 6.67. The quantitative estimate of drug-likeness (QED) is 0.527. The highest BCUT2D eigenvalue weighted by molar-refractivity contribution is 4.85. The van der Waals surface area contributed by atoms with Gasteiger partial charge in [-0.3, -0.25) is 0 Å². The van der Waals surface area contributed by atoms with E-state index in [-0.39, 0.29) is 0 Å². The number of rotatable bonds is 6. The maximum atomic E-state index is 2.47. The van der Waals surface area contributed by atoms with Gasteiger partial charge in [0.15, 0.2) is 0 Å². The molecule has 0 aromatic carbocycles. The molecule has 0 N–H and O–H groups in total. The van der Waals surface area contributed by atoms with Crippen LogP contribution in [0, 0.1) is 17.3 Å². The molecule has 1 rings (SSSR count). The van der Waals surface area contributed by atoms with Crippen LogP contribution in [0.2, 0.25) is 0 Å². The van der Waals surface area contributed by atoms with Crippen LogP contribution in [-0.4, -0.2) is 0 Å². The van der Waals surface area contributed by atoms with E-state index in [2.05, 4.69) is 39.8 Å². The monoisotopic (exact) mass is 208 g/mol. The third-order valence-corrected chi connectivity index (χ3v) is 4.27. The van der Waals surface area contributed by atoms with Crippen molar-refractivity contribution in [3.05, 3.63) is 12.2 Å². The summed E-state index contributed by atoms with van der Waals surface area (Å²) in [6, 6.07) is 0. The van der Waals surface area contributed by atoms with E-state index >= 15 is 0 Å². The molecule has 1 fully saturated rings. The number of hydrogen-bond donors (Lipinski definition) is 0. The molecular formula is C15H28. The molecule has 0 spiro atoms. The average Bonchev–Trinajstić information content (AvgIpc) is 2.08. The predicted octanol–water partition coefficient (Wildman–Crippen LogP) is 5.20. The van der Waals surface area contributed by atoms with Gasteiger partial charge in [0.2, 0.25) is 0 Å². The largest absolute Gasteiger partial charge is 0.0917 e. The van der Waals surface area contributed by atoms with Crippen LogP contribution in [0.4, 0.5) is 0 Å². The van der Waals surface area contributed by atoms with Gasteiger partial charge in [0, 0.05) is 0 Å². The zero-order valence-corrected chi connectivity index (χ0v) is 11.1. The van der Waals surface area contributed by atoms with E-state index in [0.29, 0.717) is 5.41 Å². The van der Waals surface area contributed by atoms with Crippen molar-refractivity contribution in [3.63, 3.8) is 0 Å². The first kappa shape index (κ1) is 12.8. The van der Waals surface area contributed by atoms with Crippen molar-refractivity contribution in [2.75, 3.05) is 0 Å². The molecule has 0 aliphatic heterocycles. The van der Waals surface area contributed by atoms with Gasteiger partial charge in [0.05, 0.1) is 0 Å². The maximum absolute atomic E-state index is 2.47. The summed E-state index contributed by atoms with van der Waals surface area (Å²) in [5.74, 6) is 1.88. The molecule has 0 heteroatoms. The van der Waals surface area contributed by atoms with Gasteiger partial charge in [-0.05, 0) is 56.3 Å². The summed E-state index contributed by atoms with van der Waals surface area (Å²) in [7, 11) is 0. The van der Waals surface area contributed by atoms with Crippen LogP contribution in [0.25, 0.3) is 0 Å². The maximum Gasteiger partial charge on any atom is -0.0325 e. The fourth-order valence-electron chi connectivity index (χ4n) is 2.50. The molecule has 15 heavy (non-hydrogen) atoms. The Morgan fingerprint density at radius 1 is 1.33 bits per heavy atom. The van der Waals surface area contributed by atoms with Crippen molar-refractivity contribution in [1.82, 2.24) is 0 Å². The summed E-state index contributed by atoms with van der Waals surface area (Å²) in [4.78, 5) is 0. The summed E-state index contributed by atoms with van der Waals surface area (Å²) in [5, 5.41) is 0. The lowest BCUT2D eigenvalue weighted by Gasteiger charge is -2.41. The van der Waals surface area contributed by atoms with E-state index in [1.165, 1.54) is 38.5 Å². The van der Waals surface area contributed by atoms with Gasteiger partial charge in [-0.15, -0.1) is 0 Å². The van der Waals surface area contributed by atoms with Crippen LogP contribution in [0.1, 0.15) is 66.2 Å². The van der Waals surface area contributed by atoms with E-state index in [1.807, 2.05) is 0 Å². The second-order valence-corrected chi connectivity index (χ2v) is 6.06. The molecule has 0 saturated heterocycles. The summed E-state index contributed by atoms with van der Waals surface area (Å²) in [6.45, 7) is 9.44. The van der Waals surface area contributed by atoms with E-state index in [9.17, 15) is 0 Å². The first-order valence-electron chi connectivity index (χ1n) is 6.67. The molecule has 0 bridgehead atoms. The molecule has 1 unspecified atom stereocenters. The van der Waals surface area contributed by atoms with Gasteiger partial charge in [-0.1, -0.05) is 39.3 Å². The molecule has 88 valence electrons. The summed E-state index contributed by atoms with van der Waals surface area (Å²) < 4.78 is 0. The van der Waals surface area contributed by atoms with E-state index < -0.39 is 0 Å². The normalized spacial score (nSPS) is 20.5. The molecule has 1 aliphatic rings. The Kier molecular flexibility index (Phi) is 4.89. The molecule has 0 aromatic heterocycles. The van der Waals surface area contributed by atoms with Crippen LogP contribution in [0.15, 0.2) is 12.2 Å². The van der Waals surface area contributed by atoms with Crippen molar-refractivity contribution < 1.29 is 0 Å². The van der Waals surface area contributed by atoms with E-state index in [4.69, 9.17) is 0 Å². The van der Waals surface area contributed by atoms with Gasteiger partial charge < -0.3 is 0 Å². The molecule has 1 saturated carbocycles. The van der Waals surface area contributed by atoms with Crippen molar-refractivity contribution in [1.29, 1.82) is 0 Å². The molecular weight excluding hydrogens is 180 g/mol.